The van der Waals surface area contributed by atoms with Crippen LogP contribution >= 0.6 is 0 Å². The third-order valence-electron chi connectivity index (χ3n) is 2.97. The summed E-state index contributed by atoms with van der Waals surface area (Å²) >= 11 is 0. The van der Waals surface area contributed by atoms with E-state index in [1.165, 1.54) is 0 Å². The van der Waals surface area contributed by atoms with Crippen LogP contribution in [0.2, 0.25) is 0 Å². The number of aromatic nitrogens is 3. The van der Waals surface area contributed by atoms with E-state index in [2.05, 4.69) is 15.3 Å². The lowest BCUT2D eigenvalue weighted by Crippen LogP contribution is -2.27. The standard InChI is InChI=1S/C13H18N4O2/c1-8(2)17-11-10(7-15-13(14-3)16-11)6-9(4-5-18)12(17)19/h6-8,18H,4-5H2,1-3H3,(H,14,15,16). The summed E-state index contributed by atoms with van der Waals surface area (Å²) in [4.78, 5) is 20.9. The molecule has 2 aromatic heterocycles. The van der Waals surface area contributed by atoms with Gasteiger partial charge in [-0.1, -0.05) is 0 Å². The van der Waals surface area contributed by atoms with E-state index in [4.69, 9.17) is 5.11 Å². The first-order valence-corrected chi connectivity index (χ1v) is 6.28. The maximum absolute atomic E-state index is 12.4. The maximum Gasteiger partial charge on any atom is 0.255 e. The predicted molar refractivity (Wildman–Crippen MR) is 74.5 cm³/mol. The topological polar surface area (TPSA) is 80.0 Å². The molecule has 0 saturated carbocycles. The molecule has 0 radical (unpaired) electrons. The van der Waals surface area contributed by atoms with Crippen LogP contribution in [0.3, 0.4) is 0 Å². The van der Waals surface area contributed by atoms with Crippen molar-refractivity contribution < 1.29 is 5.11 Å². The van der Waals surface area contributed by atoms with E-state index in [0.29, 0.717) is 23.6 Å². The highest BCUT2D eigenvalue weighted by Crippen LogP contribution is 2.16. The summed E-state index contributed by atoms with van der Waals surface area (Å²) < 4.78 is 1.64. The van der Waals surface area contributed by atoms with Crippen molar-refractivity contribution in [3.63, 3.8) is 0 Å². The fraction of sp³-hybridized carbons (Fsp3) is 0.462. The fourth-order valence-electron chi connectivity index (χ4n) is 2.08. The van der Waals surface area contributed by atoms with Crippen molar-refractivity contribution in [3.05, 3.63) is 28.2 Å². The molecule has 0 bridgehead atoms. The Morgan fingerprint density at radius 2 is 2.21 bits per heavy atom. The molecule has 0 aromatic carbocycles. The number of hydrogen-bond acceptors (Lipinski definition) is 5. The largest absolute Gasteiger partial charge is 0.396 e. The van der Waals surface area contributed by atoms with Gasteiger partial charge in [-0.25, -0.2) is 4.98 Å². The van der Waals surface area contributed by atoms with Crippen molar-refractivity contribution in [2.75, 3.05) is 19.0 Å². The van der Waals surface area contributed by atoms with Crippen LogP contribution < -0.4 is 10.9 Å². The van der Waals surface area contributed by atoms with Crippen LogP contribution in [0.1, 0.15) is 25.5 Å². The van der Waals surface area contributed by atoms with E-state index in [1.807, 2.05) is 13.8 Å². The lowest BCUT2D eigenvalue weighted by atomic mass is 10.1. The number of nitrogens with one attached hydrogen (secondary N) is 1. The molecule has 6 nitrogen and oxygen atoms in total. The minimum absolute atomic E-state index is 0.00625. The second-order valence-electron chi connectivity index (χ2n) is 4.63. The molecule has 0 atom stereocenters. The zero-order valence-electron chi connectivity index (χ0n) is 11.3. The molecule has 0 aliphatic rings. The molecule has 0 unspecified atom stereocenters. The number of pyridine rings is 1. The number of hydrogen-bond donors (Lipinski definition) is 2. The van der Waals surface area contributed by atoms with Gasteiger partial charge in [-0.3, -0.25) is 9.36 Å². The van der Waals surface area contributed by atoms with E-state index in [0.717, 1.165) is 5.39 Å². The molecule has 19 heavy (non-hydrogen) atoms. The first-order chi connectivity index (χ1) is 9.08. The summed E-state index contributed by atoms with van der Waals surface area (Å²) in [6, 6.07) is 1.75. The van der Waals surface area contributed by atoms with Crippen LogP contribution in [-0.4, -0.2) is 33.3 Å². The Labute approximate surface area is 111 Å². The number of fused-ring (bicyclic) bond motifs is 1. The van der Waals surface area contributed by atoms with Crippen LogP contribution in [-0.2, 0) is 6.42 Å². The highest BCUT2D eigenvalue weighted by atomic mass is 16.3. The molecule has 0 aliphatic carbocycles. The van der Waals surface area contributed by atoms with Gasteiger partial charge in [0.2, 0.25) is 5.95 Å². The quantitative estimate of drug-likeness (QED) is 0.857. The summed E-state index contributed by atoms with van der Waals surface area (Å²) in [5, 5.41) is 12.7. The Morgan fingerprint density at radius 1 is 1.47 bits per heavy atom. The number of rotatable bonds is 4. The van der Waals surface area contributed by atoms with Crippen molar-refractivity contribution in [3.8, 4) is 0 Å². The first-order valence-electron chi connectivity index (χ1n) is 6.28. The number of nitrogens with zero attached hydrogens (tertiary/aromatic N) is 3. The van der Waals surface area contributed by atoms with Gasteiger partial charge in [-0.2, -0.15) is 4.98 Å². The molecule has 0 saturated heterocycles. The molecule has 0 spiro atoms. The molecule has 2 aromatic rings. The Morgan fingerprint density at radius 3 is 2.79 bits per heavy atom. The van der Waals surface area contributed by atoms with E-state index >= 15 is 0 Å². The Hall–Kier alpha value is -1.95. The Balaban J connectivity index is 2.80. The Kier molecular flexibility index (Phi) is 3.80. The average Bonchev–Trinajstić information content (AvgIpc) is 2.39. The van der Waals surface area contributed by atoms with Gasteiger partial charge in [-0.05, 0) is 19.9 Å². The lowest BCUT2D eigenvalue weighted by molar-refractivity contribution is 0.299. The number of aliphatic hydroxyl groups excluding tert-OH is 1. The van der Waals surface area contributed by atoms with E-state index in [9.17, 15) is 4.79 Å². The summed E-state index contributed by atoms with van der Waals surface area (Å²) in [6.45, 7) is 3.82. The normalized spacial score (nSPS) is 11.2. The molecular weight excluding hydrogens is 244 g/mol. The van der Waals surface area contributed by atoms with Crippen molar-refractivity contribution in [1.29, 1.82) is 0 Å². The van der Waals surface area contributed by atoms with Gasteiger partial charge in [0.1, 0.15) is 5.65 Å². The van der Waals surface area contributed by atoms with Gasteiger partial charge in [-0.15, -0.1) is 0 Å². The van der Waals surface area contributed by atoms with Crippen LogP contribution in [0, 0.1) is 0 Å². The summed E-state index contributed by atoms with van der Waals surface area (Å²) in [6.07, 6.45) is 2.03. The molecule has 0 amide bonds. The third kappa shape index (κ3) is 2.44. The highest BCUT2D eigenvalue weighted by molar-refractivity contribution is 5.76. The summed E-state index contributed by atoms with van der Waals surface area (Å²) in [5.41, 5.74) is 1.10. The van der Waals surface area contributed by atoms with Gasteiger partial charge in [0, 0.05) is 43.3 Å². The van der Waals surface area contributed by atoms with Gasteiger partial charge >= 0.3 is 0 Å². The SMILES string of the molecule is CNc1ncc2cc(CCO)c(=O)n(C(C)C)c2n1. The van der Waals surface area contributed by atoms with Crippen LogP contribution in [0.15, 0.2) is 17.1 Å². The molecule has 0 fully saturated rings. The first kappa shape index (κ1) is 13.5. The maximum atomic E-state index is 12.4. The van der Waals surface area contributed by atoms with E-state index < -0.39 is 0 Å². The van der Waals surface area contributed by atoms with Crippen molar-refractivity contribution >= 4 is 17.0 Å². The van der Waals surface area contributed by atoms with Crippen molar-refractivity contribution in [2.24, 2.45) is 0 Å². The number of aliphatic hydroxyl groups is 1. The minimum atomic E-state index is -0.0997. The minimum Gasteiger partial charge on any atom is -0.396 e. The van der Waals surface area contributed by atoms with Crippen LogP contribution in [0.4, 0.5) is 5.95 Å². The van der Waals surface area contributed by atoms with Crippen molar-refractivity contribution in [2.45, 2.75) is 26.3 Å². The summed E-state index contributed by atoms with van der Waals surface area (Å²) in [5.74, 6) is 0.483. The van der Waals surface area contributed by atoms with Crippen LogP contribution in [0.25, 0.3) is 11.0 Å². The average molecular weight is 262 g/mol. The lowest BCUT2D eigenvalue weighted by Gasteiger charge is -2.15. The molecular formula is C13H18N4O2. The fourth-order valence-corrected chi connectivity index (χ4v) is 2.08. The van der Waals surface area contributed by atoms with Gasteiger partial charge in [0.05, 0.1) is 0 Å². The van der Waals surface area contributed by atoms with Crippen LogP contribution in [0.5, 0.6) is 0 Å². The Bertz CT molecular complexity index is 649. The van der Waals surface area contributed by atoms with Gasteiger partial charge in [0.25, 0.3) is 5.56 Å². The third-order valence-corrected chi connectivity index (χ3v) is 2.97. The smallest absolute Gasteiger partial charge is 0.255 e. The van der Waals surface area contributed by atoms with Gasteiger partial charge in [0.15, 0.2) is 0 Å². The molecule has 102 valence electrons. The van der Waals surface area contributed by atoms with E-state index in [1.54, 1.807) is 23.9 Å². The van der Waals surface area contributed by atoms with Gasteiger partial charge < -0.3 is 10.4 Å². The van der Waals surface area contributed by atoms with Crippen molar-refractivity contribution in [1.82, 2.24) is 14.5 Å². The number of anilines is 1. The van der Waals surface area contributed by atoms with E-state index in [-0.39, 0.29) is 18.2 Å². The predicted octanol–water partition coefficient (Wildman–Crippen LogP) is 0.949. The molecule has 2 N–H and O–H groups in total. The molecule has 2 heterocycles. The molecule has 0 aliphatic heterocycles. The zero-order chi connectivity index (χ0) is 14.0. The molecule has 2 rings (SSSR count). The molecule has 6 heteroatoms. The zero-order valence-corrected chi connectivity index (χ0v) is 11.3. The summed E-state index contributed by atoms with van der Waals surface area (Å²) in [7, 11) is 1.74. The monoisotopic (exact) mass is 262 g/mol. The second-order valence-corrected chi connectivity index (χ2v) is 4.63. The highest BCUT2D eigenvalue weighted by Gasteiger charge is 2.13. The second kappa shape index (κ2) is 5.36.